The molecule has 1 heterocycles. The zero-order valence-electron chi connectivity index (χ0n) is 11.2. The molecule has 0 spiro atoms. The van der Waals surface area contributed by atoms with Gasteiger partial charge in [0.05, 0.1) is 0 Å². The van der Waals surface area contributed by atoms with Crippen molar-refractivity contribution >= 4 is 15.9 Å². The van der Waals surface area contributed by atoms with E-state index in [0.29, 0.717) is 0 Å². The normalized spacial score (nSPS) is 13.8. The van der Waals surface area contributed by atoms with Crippen LogP contribution in [0.5, 0.6) is 0 Å². The highest BCUT2D eigenvalue weighted by Gasteiger charge is 1.96. The number of rotatable bonds is 1. The van der Waals surface area contributed by atoms with Crippen molar-refractivity contribution < 1.29 is 4.74 Å². The Hall–Kier alpha value is -1.12. The highest BCUT2D eigenvalue weighted by molar-refractivity contribution is 9.10. The maximum absolute atomic E-state index is 4.94. The van der Waals surface area contributed by atoms with Gasteiger partial charge in [0.2, 0.25) is 0 Å². The number of halogens is 1. The van der Waals surface area contributed by atoms with Gasteiger partial charge in [0.1, 0.15) is 0 Å². The monoisotopic (exact) mass is 318 g/mol. The van der Waals surface area contributed by atoms with Crippen LogP contribution in [0.25, 0.3) is 11.1 Å². The molecule has 1 saturated heterocycles. The van der Waals surface area contributed by atoms with E-state index < -0.39 is 0 Å². The molecular weight excluding hydrogens is 300 g/mol. The van der Waals surface area contributed by atoms with Gasteiger partial charge in [0.15, 0.2) is 0 Å². The molecule has 0 unspecified atom stereocenters. The highest BCUT2D eigenvalue weighted by atomic mass is 79.9. The summed E-state index contributed by atoms with van der Waals surface area (Å²) in [6.45, 7) is 4.10. The summed E-state index contributed by atoms with van der Waals surface area (Å²) in [7, 11) is 0. The summed E-state index contributed by atoms with van der Waals surface area (Å²) in [4.78, 5) is 0. The van der Waals surface area contributed by atoms with Crippen molar-refractivity contribution in [3.8, 4) is 11.1 Å². The largest absolute Gasteiger partial charge is 0.381 e. The molecule has 0 saturated carbocycles. The van der Waals surface area contributed by atoms with Gasteiger partial charge in [-0.25, -0.2) is 0 Å². The van der Waals surface area contributed by atoms with Gasteiger partial charge in [-0.1, -0.05) is 57.9 Å². The van der Waals surface area contributed by atoms with Gasteiger partial charge in [-0.2, -0.15) is 0 Å². The third-order valence-electron chi connectivity index (χ3n) is 3.06. The molecular formula is C17H19BrO. The topological polar surface area (TPSA) is 9.23 Å². The Morgan fingerprint density at radius 3 is 1.68 bits per heavy atom. The van der Waals surface area contributed by atoms with E-state index in [4.69, 9.17) is 4.74 Å². The second-order valence-corrected chi connectivity index (χ2v) is 5.61. The summed E-state index contributed by atoms with van der Waals surface area (Å²) >= 11 is 3.43. The number of hydrogen-bond donors (Lipinski definition) is 0. The van der Waals surface area contributed by atoms with Crippen LogP contribution in [0.3, 0.4) is 0 Å². The lowest BCUT2D eigenvalue weighted by Gasteiger charge is -2.01. The summed E-state index contributed by atoms with van der Waals surface area (Å²) < 4.78 is 6.06. The van der Waals surface area contributed by atoms with Crippen molar-refractivity contribution in [3.05, 3.63) is 58.6 Å². The van der Waals surface area contributed by atoms with E-state index in [1.165, 1.54) is 29.5 Å². The van der Waals surface area contributed by atoms with Crippen LogP contribution < -0.4 is 0 Å². The van der Waals surface area contributed by atoms with Crippen molar-refractivity contribution in [2.45, 2.75) is 19.8 Å². The minimum absolute atomic E-state index is 1.00. The van der Waals surface area contributed by atoms with Gasteiger partial charge in [0.25, 0.3) is 0 Å². The van der Waals surface area contributed by atoms with Crippen LogP contribution in [-0.2, 0) is 4.74 Å². The molecule has 2 aromatic rings. The molecule has 0 atom stereocenters. The molecule has 100 valence electrons. The predicted octanol–water partition coefficient (Wildman–Crippen LogP) is 5.22. The lowest BCUT2D eigenvalue weighted by Crippen LogP contribution is -1.77. The molecule has 1 aliphatic heterocycles. The Morgan fingerprint density at radius 2 is 1.26 bits per heavy atom. The van der Waals surface area contributed by atoms with Crippen LogP contribution in [0.2, 0.25) is 0 Å². The summed E-state index contributed by atoms with van der Waals surface area (Å²) in [5.74, 6) is 0. The van der Waals surface area contributed by atoms with Crippen molar-refractivity contribution in [2.24, 2.45) is 0 Å². The number of hydrogen-bond acceptors (Lipinski definition) is 1. The maximum atomic E-state index is 4.94. The van der Waals surface area contributed by atoms with Gasteiger partial charge < -0.3 is 4.74 Å². The maximum Gasteiger partial charge on any atom is 0.0466 e. The Labute approximate surface area is 123 Å². The first-order valence-electron chi connectivity index (χ1n) is 6.66. The quantitative estimate of drug-likeness (QED) is 0.700. The third kappa shape index (κ3) is 4.81. The lowest BCUT2D eigenvalue weighted by atomic mass is 10.0. The van der Waals surface area contributed by atoms with Gasteiger partial charge in [0, 0.05) is 17.7 Å². The summed E-state index contributed by atoms with van der Waals surface area (Å²) in [5.41, 5.74) is 3.82. The minimum Gasteiger partial charge on any atom is -0.381 e. The predicted molar refractivity (Wildman–Crippen MR) is 84.4 cm³/mol. The summed E-state index contributed by atoms with van der Waals surface area (Å²) in [5, 5.41) is 0. The van der Waals surface area contributed by atoms with Crippen LogP contribution in [0.15, 0.2) is 53.0 Å². The lowest BCUT2D eigenvalue weighted by molar-refractivity contribution is 0.198. The Kier molecular flexibility index (Phi) is 5.62. The van der Waals surface area contributed by atoms with Crippen molar-refractivity contribution in [1.29, 1.82) is 0 Å². The first kappa shape index (κ1) is 14.3. The fourth-order valence-electron chi connectivity index (χ4n) is 1.90. The van der Waals surface area contributed by atoms with Crippen molar-refractivity contribution in [3.63, 3.8) is 0 Å². The Morgan fingerprint density at radius 1 is 0.789 bits per heavy atom. The summed E-state index contributed by atoms with van der Waals surface area (Å²) in [6, 6.07) is 16.9. The van der Waals surface area contributed by atoms with Gasteiger partial charge >= 0.3 is 0 Å². The summed E-state index contributed by atoms with van der Waals surface area (Å²) in [6.07, 6.45) is 2.56. The first-order chi connectivity index (χ1) is 9.25. The highest BCUT2D eigenvalue weighted by Crippen LogP contribution is 2.21. The number of benzene rings is 2. The van der Waals surface area contributed by atoms with Crippen LogP contribution in [0, 0.1) is 6.92 Å². The second kappa shape index (κ2) is 7.46. The molecule has 3 rings (SSSR count). The number of ether oxygens (including phenoxy) is 1. The molecule has 1 aliphatic rings. The zero-order chi connectivity index (χ0) is 13.5. The molecule has 0 radical (unpaired) electrons. The molecule has 19 heavy (non-hydrogen) atoms. The third-order valence-corrected chi connectivity index (χ3v) is 3.59. The molecule has 0 amide bonds. The second-order valence-electron chi connectivity index (χ2n) is 4.69. The number of aryl methyl sites for hydroxylation is 1. The van der Waals surface area contributed by atoms with Gasteiger partial charge in [-0.3, -0.25) is 0 Å². The average Bonchev–Trinajstić information content (AvgIpc) is 3.00. The van der Waals surface area contributed by atoms with Gasteiger partial charge in [-0.05, 0) is 43.0 Å². The van der Waals surface area contributed by atoms with Crippen LogP contribution in [0.1, 0.15) is 18.4 Å². The minimum atomic E-state index is 1.00. The standard InChI is InChI=1S/C13H11Br.C4H8O/c1-10-2-4-11(5-3-10)12-6-8-13(14)9-7-12;1-2-4-5-3-1/h2-9H,1H3;1-4H2. The molecule has 0 bridgehead atoms. The first-order valence-corrected chi connectivity index (χ1v) is 7.45. The molecule has 0 N–H and O–H groups in total. The molecule has 2 aromatic carbocycles. The van der Waals surface area contributed by atoms with Gasteiger partial charge in [-0.15, -0.1) is 0 Å². The van der Waals surface area contributed by atoms with E-state index in [1.54, 1.807) is 0 Å². The van der Waals surface area contributed by atoms with Crippen LogP contribution in [0.4, 0.5) is 0 Å². The average molecular weight is 319 g/mol. The Balaban J connectivity index is 0.000000224. The molecule has 0 aliphatic carbocycles. The molecule has 1 fully saturated rings. The van der Waals surface area contributed by atoms with Crippen LogP contribution in [-0.4, -0.2) is 13.2 Å². The smallest absolute Gasteiger partial charge is 0.0466 e. The van der Waals surface area contributed by atoms with E-state index in [-0.39, 0.29) is 0 Å². The Bertz CT molecular complexity index is 433. The molecule has 1 nitrogen and oxygen atoms in total. The van der Waals surface area contributed by atoms with E-state index in [1.807, 2.05) is 0 Å². The zero-order valence-corrected chi connectivity index (χ0v) is 12.8. The van der Waals surface area contributed by atoms with Crippen molar-refractivity contribution in [2.75, 3.05) is 13.2 Å². The van der Waals surface area contributed by atoms with E-state index in [0.717, 1.165) is 17.7 Å². The van der Waals surface area contributed by atoms with E-state index >= 15 is 0 Å². The van der Waals surface area contributed by atoms with E-state index in [9.17, 15) is 0 Å². The molecule has 2 heteroatoms. The fourth-order valence-corrected chi connectivity index (χ4v) is 2.16. The SMILES string of the molecule is C1CCOC1.Cc1ccc(-c2ccc(Br)cc2)cc1. The van der Waals surface area contributed by atoms with E-state index in [2.05, 4.69) is 71.4 Å². The van der Waals surface area contributed by atoms with Crippen molar-refractivity contribution in [1.82, 2.24) is 0 Å². The molecule has 0 aromatic heterocycles. The fraction of sp³-hybridized carbons (Fsp3) is 0.294. The van der Waals surface area contributed by atoms with Crippen LogP contribution >= 0.6 is 15.9 Å².